The molecule has 1 aromatic carbocycles. The first kappa shape index (κ1) is 16.3. The van der Waals surface area contributed by atoms with E-state index in [4.69, 9.17) is 5.73 Å². The van der Waals surface area contributed by atoms with E-state index in [1.807, 2.05) is 0 Å². The molecular formula is C11H10BrF3N2O3. The van der Waals surface area contributed by atoms with E-state index in [0.29, 0.717) is 0 Å². The van der Waals surface area contributed by atoms with Gasteiger partial charge >= 0.3 is 12.3 Å². The van der Waals surface area contributed by atoms with Crippen molar-refractivity contribution in [3.8, 4) is 0 Å². The number of primary amides is 1. The quantitative estimate of drug-likeness (QED) is 0.814. The van der Waals surface area contributed by atoms with E-state index >= 15 is 0 Å². The molecule has 0 aliphatic heterocycles. The Morgan fingerprint density at radius 1 is 1.35 bits per heavy atom. The zero-order chi connectivity index (χ0) is 15.3. The maximum Gasteiger partial charge on any atom is 0.416 e. The number of rotatable bonds is 4. The number of hydrogen-bond donors (Lipinski definition) is 2. The summed E-state index contributed by atoms with van der Waals surface area (Å²) in [6.07, 6.45) is -5.54. The number of amides is 2. The van der Waals surface area contributed by atoms with Gasteiger partial charge in [-0.1, -0.05) is 0 Å². The Hall–Kier alpha value is -1.77. The molecule has 0 atom stereocenters. The summed E-state index contributed by atoms with van der Waals surface area (Å²) in [4.78, 5) is 22.0. The Morgan fingerprint density at radius 2 is 2.00 bits per heavy atom. The standard InChI is InChI=1S/C11H10BrF3N2O3/c12-8-2-1-6(11(13,14)15)5-7(8)9(18)17-3-4-20-10(16)19/h1-2,5H,3-4H2,(H2,16,19)(H,17,18). The van der Waals surface area contributed by atoms with Crippen LogP contribution in [-0.2, 0) is 10.9 Å². The molecule has 0 aliphatic rings. The van der Waals surface area contributed by atoms with Crippen LogP contribution in [0.4, 0.5) is 18.0 Å². The highest BCUT2D eigenvalue weighted by Crippen LogP contribution is 2.31. The third-order valence-corrected chi connectivity index (χ3v) is 2.86. The molecule has 3 N–H and O–H groups in total. The van der Waals surface area contributed by atoms with E-state index < -0.39 is 23.7 Å². The van der Waals surface area contributed by atoms with Crippen molar-refractivity contribution in [1.82, 2.24) is 5.32 Å². The molecule has 0 heterocycles. The molecule has 0 radical (unpaired) electrons. The number of carbonyl (C=O) groups is 2. The fraction of sp³-hybridized carbons (Fsp3) is 0.273. The monoisotopic (exact) mass is 354 g/mol. The lowest BCUT2D eigenvalue weighted by Crippen LogP contribution is -2.29. The van der Waals surface area contributed by atoms with Crippen LogP contribution in [0.15, 0.2) is 22.7 Å². The van der Waals surface area contributed by atoms with Crippen molar-refractivity contribution in [3.05, 3.63) is 33.8 Å². The van der Waals surface area contributed by atoms with Gasteiger partial charge < -0.3 is 15.8 Å². The highest BCUT2D eigenvalue weighted by atomic mass is 79.9. The predicted molar refractivity (Wildman–Crippen MR) is 67.0 cm³/mol. The maximum atomic E-state index is 12.5. The summed E-state index contributed by atoms with van der Waals surface area (Å²) in [7, 11) is 0. The second kappa shape index (κ2) is 6.60. The second-order valence-corrected chi connectivity index (χ2v) is 4.47. The summed E-state index contributed by atoms with van der Waals surface area (Å²) >= 11 is 3.00. The number of benzene rings is 1. The molecule has 5 nitrogen and oxygen atoms in total. The zero-order valence-corrected chi connectivity index (χ0v) is 11.5. The van der Waals surface area contributed by atoms with Crippen LogP contribution in [0, 0.1) is 0 Å². The van der Waals surface area contributed by atoms with E-state index in [9.17, 15) is 22.8 Å². The molecule has 2 amide bonds. The van der Waals surface area contributed by atoms with Crippen molar-refractivity contribution in [1.29, 1.82) is 0 Å². The van der Waals surface area contributed by atoms with Crippen molar-refractivity contribution >= 4 is 27.9 Å². The molecule has 20 heavy (non-hydrogen) atoms. The number of nitrogens with two attached hydrogens (primary N) is 1. The van der Waals surface area contributed by atoms with Crippen LogP contribution in [0.25, 0.3) is 0 Å². The Labute approximate surface area is 120 Å². The van der Waals surface area contributed by atoms with Crippen LogP contribution in [0.1, 0.15) is 15.9 Å². The van der Waals surface area contributed by atoms with Gasteiger partial charge in [0.1, 0.15) is 6.61 Å². The van der Waals surface area contributed by atoms with Gasteiger partial charge in [-0.25, -0.2) is 4.79 Å². The van der Waals surface area contributed by atoms with E-state index in [2.05, 4.69) is 26.0 Å². The lowest BCUT2D eigenvalue weighted by Gasteiger charge is -2.11. The summed E-state index contributed by atoms with van der Waals surface area (Å²) < 4.78 is 42.2. The Kier molecular flexibility index (Phi) is 5.37. The van der Waals surface area contributed by atoms with E-state index in [1.165, 1.54) is 0 Å². The Bertz CT molecular complexity index is 520. The lowest BCUT2D eigenvalue weighted by atomic mass is 10.1. The lowest BCUT2D eigenvalue weighted by molar-refractivity contribution is -0.137. The number of hydrogen-bond acceptors (Lipinski definition) is 3. The predicted octanol–water partition coefficient (Wildman–Crippen LogP) is 2.29. The van der Waals surface area contributed by atoms with Crippen LogP contribution in [0.3, 0.4) is 0 Å². The number of nitrogens with one attached hydrogen (secondary N) is 1. The van der Waals surface area contributed by atoms with E-state index in [1.54, 1.807) is 0 Å². The van der Waals surface area contributed by atoms with Crippen molar-refractivity contribution in [2.24, 2.45) is 5.73 Å². The van der Waals surface area contributed by atoms with Gasteiger partial charge in [-0.2, -0.15) is 13.2 Å². The molecule has 0 aromatic heterocycles. The minimum absolute atomic E-state index is 0.0650. The molecule has 9 heteroatoms. The van der Waals surface area contributed by atoms with Gasteiger partial charge in [-0.3, -0.25) is 4.79 Å². The van der Waals surface area contributed by atoms with Gasteiger partial charge in [0.15, 0.2) is 0 Å². The SMILES string of the molecule is NC(=O)OCCNC(=O)c1cc(C(F)(F)F)ccc1Br. The largest absolute Gasteiger partial charge is 0.448 e. The van der Waals surface area contributed by atoms with Crippen LogP contribution in [0.2, 0.25) is 0 Å². The first-order valence-corrected chi connectivity index (χ1v) is 6.08. The van der Waals surface area contributed by atoms with Gasteiger partial charge in [-0.15, -0.1) is 0 Å². The van der Waals surface area contributed by atoms with Crippen LogP contribution in [-0.4, -0.2) is 25.2 Å². The zero-order valence-electron chi connectivity index (χ0n) is 9.96. The van der Waals surface area contributed by atoms with Gasteiger partial charge in [0, 0.05) is 4.47 Å². The molecule has 1 rings (SSSR count). The number of halogens is 4. The minimum Gasteiger partial charge on any atom is -0.448 e. The Balaban J connectivity index is 2.74. The van der Waals surface area contributed by atoms with Gasteiger partial charge in [-0.05, 0) is 34.1 Å². The molecule has 1 aromatic rings. The summed E-state index contributed by atoms with van der Waals surface area (Å²) in [6, 6.07) is 2.73. The highest BCUT2D eigenvalue weighted by Gasteiger charge is 2.31. The molecule has 0 fully saturated rings. The van der Waals surface area contributed by atoms with Gasteiger partial charge in [0.2, 0.25) is 0 Å². The van der Waals surface area contributed by atoms with Crippen molar-refractivity contribution < 1.29 is 27.5 Å². The number of ether oxygens (including phenoxy) is 1. The van der Waals surface area contributed by atoms with Crippen molar-refractivity contribution in [3.63, 3.8) is 0 Å². The molecule has 0 aliphatic carbocycles. The van der Waals surface area contributed by atoms with Crippen molar-refractivity contribution in [2.45, 2.75) is 6.18 Å². The number of alkyl halides is 3. The van der Waals surface area contributed by atoms with E-state index in [0.717, 1.165) is 18.2 Å². The second-order valence-electron chi connectivity index (χ2n) is 3.62. The third-order valence-electron chi connectivity index (χ3n) is 2.17. The van der Waals surface area contributed by atoms with Gasteiger partial charge in [0.25, 0.3) is 5.91 Å². The molecule has 0 spiro atoms. The summed E-state index contributed by atoms with van der Waals surface area (Å²) in [5, 5.41) is 2.30. The third kappa shape index (κ3) is 4.72. The van der Waals surface area contributed by atoms with Crippen LogP contribution in [0.5, 0.6) is 0 Å². The minimum atomic E-state index is -4.54. The fourth-order valence-electron chi connectivity index (χ4n) is 1.29. The number of carbonyl (C=O) groups excluding carboxylic acids is 2. The normalized spacial score (nSPS) is 11.0. The first-order valence-electron chi connectivity index (χ1n) is 5.29. The topological polar surface area (TPSA) is 81.4 Å². The fourth-order valence-corrected chi connectivity index (χ4v) is 1.71. The average Bonchev–Trinajstić information content (AvgIpc) is 2.33. The van der Waals surface area contributed by atoms with Crippen LogP contribution >= 0.6 is 15.9 Å². The molecule has 0 unspecified atom stereocenters. The maximum absolute atomic E-state index is 12.5. The van der Waals surface area contributed by atoms with Gasteiger partial charge in [0.05, 0.1) is 17.7 Å². The summed E-state index contributed by atoms with van der Waals surface area (Å²) in [5.41, 5.74) is 3.61. The molecule has 0 bridgehead atoms. The smallest absolute Gasteiger partial charge is 0.416 e. The average molecular weight is 355 g/mol. The van der Waals surface area contributed by atoms with E-state index in [-0.39, 0.29) is 23.2 Å². The molecule has 0 saturated heterocycles. The van der Waals surface area contributed by atoms with Crippen LogP contribution < -0.4 is 11.1 Å². The molecule has 110 valence electrons. The molecular weight excluding hydrogens is 345 g/mol. The Morgan fingerprint density at radius 3 is 2.55 bits per heavy atom. The molecule has 0 saturated carbocycles. The summed E-state index contributed by atoms with van der Waals surface area (Å²) in [5.74, 6) is -0.726. The highest BCUT2D eigenvalue weighted by molar-refractivity contribution is 9.10. The first-order chi connectivity index (χ1) is 9.21. The summed E-state index contributed by atoms with van der Waals surface area (Å²) in [6.45, 7) is -0.234. The van der Waals surface area contributed by atoms with Crippen molar-refractivity contribution in [2.75, 3.05) is 13.2 Å².